The van der Waals surface area contributed by atoms with Crippen molar-refractivity contribution in [1.29, 1.82) is 0 Å². The Balaban J connectivity index is 1.45. The van der Waals surface area contributed by atoms with Gasteiger partial charge in [-0.25, -0.2) is 4.98 Å². The first-order valence-corrected chi connectivity index (χ1v) is 11.1. The lowest BCUT2D eigenvalue weighted by atomic mass is 10.0. The quantitative estimate of drug-likeness (QED) is 0.422. The number of aromatic nitrogens is 6. The summed E-state index contributed by atoms with van der Waals surface area (Å²) >= 11 is 0. The SMILES string of the molecule is CCn1cc2c(n1)-c1cc(OC)ccc1-n1cnc(-c3nc(CN4CCCC4)no3)c1C2. The summed E-state index contributed by atoms with van der Waals surface area (Å²) in [6.45, 7) is 5.80. The van der Waals surface area contributed by atoms with Crippen LogP contribution in [0.15, 0.2) is 35.2 Å². The van der Waals surface area contributed by atoms with Crippen LogP contribution in [0.25, 0.3) is 28.5 Å². The molecule has 9 heteroatoms. The molecule has 0 bridgehead atoms. The van der Waals surface area contributed by atoms with Gasteiger partial charge < -0.3 is 13.8 Å². The molecule has 9 nitrogen and oxygen atoms in total. The number of hydrogen-bond donors (Lipinski definition) is 0. The van der Waals surface area contributed by atoms with Crippen molar-refractivity contribution in [2.24, 2.45) is 0 Å². The van der Waals surface area contributed by atoms with E-state index in [1.54, 1.807) is 7.11 Å². The third-order valence-electron chi connectivity index (χ3n) is 6.34. The molecule has 164 valence electrons. The van der Waals surface area contributed by atoms with Crippen LogP contribution in [-0.4, -0.2) is 54.6 Å². The molecule has 6 rings (SSSR count). The second-order valence-electron chi connectivity index (χ2n) is 8.33. The van der Waals surface area contributed by atoms with Gasteiger partial charge in [0.05, 0.1) is 30.7 Å². The minimum absolute atomic E-state index is 0.467. The molecule has 0 amide bonds. The van der Waals surface area contributed by atoms with Crippen LogP contribution in [0.4, 0.5) is 0 Å². The van der Waals surface area contributed by atoms with Gasteiger partial charge in [-0.05, 0) is 51.1 Å². The average Bonchev–Trinajstić information content (AvgIpc) is 3.61. The number of likely N-dealkylation sites (tertiary alicyclic amines) is 1. The Morgan fingerprint density at radius 1 is 1.16 bits per heavy atom. The summed E-state index contributed by atoms with van der Waals surface area (Å²) in [5, 5.41) is 9.07. The molecule has 4 aromatic rings. The maximum atomic E-state index is 5.66. The normalized spacial score (nSPS) is 15.3. The summed E-state index contributed by atoms with van der Waals surface area (Å²) in [5.41, 5.74) is 5.88. The van der Waals surface area contributed by atoms with Gasteiger partial charge in [0.2, 0.25) is 0 Å². The average molecular weight is 432 g/mol. The van der Waals surface area contributed by atoms with Crippen LogP contribution >= 0.6 is 0 Å². The smallest absolute Gasteiger partial charge is 0.278 e. The van der Waals surface area contributed by atoms with Crippen LogP contribution in [0.1, 0.15) is 36.8 Å². The molecule has 0 saturated carbocycles. The number of ether oxygens (including phenoxy) is 1. The molecule has 0 N–H and O–H groups in total. The van der Waals surface area contributed by atoms with Gasteiger partial charge in [0.1, 0.15) is 12.1 Å². The summed E-state index contributed by atoms with van der Waals surface area (Å²) in [6, 6.07) is 6.05. The number of rotatable bonds is 5. The molecular formula is C23H25N7O2. The largest absolute Gasteiger partial charge is 0.497 e. The summed E-state index contributed by atoms with van der Waals surface area (Å²) in [7, 11) is 1.68. The van der Waals surface area contributed by atoms with Gasteiger partial charge in [-0.1, -0.05) is 5.16 Å². The Morgan fingerprint density at radius 2 is 2.03 bits per heavy atom. The summed E-state index contributed by atoms with van der Waals surface area (Å²) in [5.74, 6) is 1.98. The van der Waals surface area contributed by atoms with Crippen LogP contribution in [0.2, 0.25) is 0 Å². The van der Waals surface area contributed by atoms with E-state index in [0.29, 0.717) is 18.1 Å². The molecule has 1 fully saturated rings. The molecular weight excluding hydrogens is 406 g/mol. The van der Waals surface area contributed by atoms with Gasteiger partial charge in [0.15, 0.2) is 11.5 Å². The van der Waals surface area contributed by atoms with Crippen LogP contribution in [0.5, 0.6) is 5.75 Å². The molecule has 5 heterocycles. The highest BCUT2D eigenvalue weighted by Crippen LogP contribution is 2.38. The van der Waals surface area contributed by atoms with Gasteiger partial charge in [-0.15, -0.1) is 0 Å². The number of imidazole rings is 1. The zero-order valence-electron chi connectivity index (χ0n) is 18.3. The zero-order chi connectivity index (χ0) is 21.7. The van der Waals surface area contributed by atoms with Crippen molar-refractivity contribution in [1.82, 2.24) is 34.4 Å². The lowest BCUT2D eigenvalue weighted by Gasteiger charge is -2.11. The molecule has 1 saturated heterocycles. The first-order chi connectivity index (χ1) is 15.7. The zero-order valence-corrected chi connectivity index (χ0v) is 18.3. The number of nitrogens with zero attached hydrogens (tertiary/aromatic N) is 7. The van der Waals surface area contributed by atoms with Crippen LogP contribution in [0.3, 0.4) is 0 Å². The molecule has 2 aliphatic heterocycles. The Labute approximate surface area is 185 Å². The van der Waals surface area contributed by atoms with E-state index in [9.17, 15) is 0 Å². The Kier molecular flexibility index (Phi) is 4.57. The minimum atomic E-state index is 0.467. The Bertz CT molecular complexity index is 1280. The van der Waals surface area contributed by atoms with Gasteiger partial charge in [-0.3, -0.25) is 9.58 Å². The Morgan fingerprint density at radius 3 is 2.84 bits per heavy atom. The maximum Gasteiger partial charge on any atom is 0.278 e. The van der Waals surface area contributed by atoms with Gasteiger partial charge in [0.25, 0.3) is 5.89 Å². The third kappa shape index (κ3) is 3.12. The van der Waals surface area contributed by atoms with Crippen molar-refractivity contribution in [3.05, 3.63) is 47.8 Å². The topological polar surface area (TPSA) is 87.0 Å². The fraction of sp³-hybridized carbons (Fsp3) is 0.391. The van der Waals surface area contributed by atoms with Crippen molar-refractivity contribution in [3.8, 4) is 34.3 Å². The molecule has 1 aromatic carbocycles. The predicted molar refractivity (Wildman–Crippen MR) is 118 cm³/mol. The van der Waals surface area contributed by atoms with Crippen molar-refractivity contribution < 1.29 is 9.26 Å². The first kappa shape index (κ1) is 19.2. The third-order valence-corrected chi connectivity index (χ3v) is 6.34. The van der Waals surface area contributed by atoms with E-state index >= 15 is 0 Å². The van der Waals surface area contributed by atoms with Crippen molar-refractivity contribution in [2.45, 2.75) is 39.3 Å². The van der Waals surface area contributed by atoms with Crippen LogP contribution in [0, 0.1) is 0 Å². The van der Waals surface area contributed by atoms with Crippen molar-refractivity contribution in [2.75, 3.05) is 20.2 Å². The number of fused-ring (bicyclic) bond motifs is 5. The molecule has 3 aromatic heterocycles. The lowest BCUT2D eigenvalue weighted by Crippen LogP contribution is -2.19. The highest BCUT2D eigenvalue weighted by Gasteiger charge is 2.28. The van der Waals surface area contributed by atoms with E-state index in [4.69, 9.17) is 19.3 Å². The fourth-order valence-electron chi connectivity index (χ4n) is 4.69. The second kappa shape index (κ2) is 7.59. The first-order valence-electron chi connectivity index (χ1n) is 11.1. The molecule has 32 heavy (non-hydrogen) atoms. The van der Waals surface area contributed by atoms with Crippen LogP contribution in [-0.2, 0) is 19.5 Å². The molecule has 0 spiro atoms. The van der Waals surface area contributed by atoms with Crippen molar-refractivity contribution >= 4 is 0 Å². The van der Waals surface area contributed by atoms with Gasteiger partial charge in [-0.2, -0.15) is 10.1 Å². The summed E-state index contributed by atoms with van der Waals surface area (Å²) in [4.78, 5) is 11.7. The number of hydrogen-bond acceptors (Lipinski definition) is 7. The van der Waals surface area contributed by atoms with E-state index in [1.807, 2.05) is 23.1 Å². The molecule has 0 radical (unpaired) electrons. The molecule has 0 aliphatic carbocycles. The van der Waals surface area contributed by atoms with E-state index < -0.39 is 0 Å². The monoisotopic (exact) mass is 431 g/mol. The summed E-state index contributed by atoms with van der Waals surface area (Å²) < 4.78 is 15.2. The standard InChI is InChI=1S/C23H25N7O2/c1-3-29-12-15-10-19-22(23-25-20(27-32-23)13-28-8-4-5-9-28)24-14-30(19)18-7-6-16(31-2)11-17(18)21(15)26-29/h6-7,11-12,14H,3-5,8-10,13H2,1-2H3. The molecule has 0 atom stereocenters. The number of aryl methyl sites for hydroxylation is 1. The maximum absolute atomic E-state index is 5.66. The van der Waals surface area contributed by atoms with E-state index in [1.165, 1.54) is 12.8 Å². The van der Waals surface area contributed by atoms with Crippen LogP contribution < -0.4 is 4.74 Å². The highest BCUT2D eigenvalue weighted by atomic mass is 16.5. The summed E-state index contributed by atoms with van der Waals surface area (Å²) in [6.07, 6.45) is 7.08. The Hall–Kier alpha value is -3.46. The van der Waals surface area contributed by atoms with Gasteiger partial charge >= 0.3 is 0 Å². The van der Waals surface area contributed by atoms with Crippen molar-refractivity contribution in [3.63, 3.8) is 0 Å². The molecule has 0 unspecified atom stereocenters. The highest BCUT2D eigenvalue weighted by molar-refractivity contribution is 5.77. The second-order valence-corrected chi connectivity index (χ2v) is 8.33. The van der Waals surface area contributed by atoms with E-state index in [0.717, 1.165) is 65.8 Å². The predicted octanol–water partition coefficient (Wildman–Crippen LogP) is 3.31. The van der Waals surface area contributed by atoms with E-state index in [-0.39, 0.29) is 0 Å². The minimum Gasteiger partial charge on any atom is -0.497 e. The fourth-order valence-corrected chi connectivity index (χ4v) is 4.69. The number of methoxy groups -OCH3 is 1. The number of benzene rings is 1. The van der Waals surface area contributed by atoms with E-state index in [2.05, 4.69) is 38.8 Å². The molecule has 2 aliphatic rings. The lowest BCUT2D eigenvalue weighted by molar-refractivity contribution is 0.312. The van der Waals surface area contributed by atoms with Gasteiger partial charge in [0, 0.05) is 30.3 Å².